The van der Waals surface area contributed by atoms with Crippen LogP contribution in [0.1, 0.15) is 29.3 Å². The summed E-state index contributed by atoms with van der Waals surface area (Å²) in [6.45, 7) is 3.04. The first kappa shape index (κ1) is 19.1. The Kier molecular flexibility index (Phi) is 7.13. The van der Waals surface area contributed by atoms with Crippen LogP contribution in [0.4, 0.5) is 0 Å². The largest absolute Gasteiger partial charge is 0.497 e. The van der Waals surface area contributed by atoms with Crippen LogP contribution in [0.15, 0.2) is 40.9 Å². The third-order valence-corrected chi connectivity index (χ3v) is 4.14. The highest BCUT2D eigenvalue weighted by Gasteiger charge is 2.15. The summed E-state index contributed by atoms with van der Waals surface area (Å²) in [7, 11) is 3.18. The van der Waals surface area contributed by atoms with Gasteiger partial charge in [-0.1, -0.05) is 19.1 Å². The number of nitrogens with one attached hydrogen (secondary N) is 1. The molecule has 0 bridgehead atoms. The monoisotopic (exact) mass is 407 g/mol. The van der Waals surface area contributed by atoms with Gasteiger partial charge in [0, 0.05) is 12.1 Å². The predicted octanol–water partition coefficient (Wildman–Crippen LogP) is 4.19. The molecule has 0 atom stereocenters. The van der Waals surface area contributed by atoms with Gasteiger partial charge in [-0.2, -0.15) is 0 Å². The molecule has 0 saturated heterocycles. The SMILES string of the molecule is CCCOc1c(Br)cc(C(=O)NCc2ccc(OC)cc2)cc1OC. The number of carbonyl (C=O) groups is 1. The van der Waals surface area contributed by atoms with Crippen molar-refractivity contribution in [3.05, 3.63) is 52.0 Å². The van der Waals surface area contributed by atoms with E-state index >= 15 is 0 Å². The Balaban J connectivity index is 2.08. The van der Waals surface area contributed by atoms with Crippen LogP contribution in [-0.4, -0.2) is 26.7 Å². The van der Waals surface area contributed by atoms with Gasteiger partial charge in [0.15, 0.2) is 11.5 Å². The normalized spacial score (nSPS) is 10.2. The van der Waals surface area contributed by atoms with Crippen molar-refractivity contribution < 1.29 is 19.0 Å². The van der Waals surface area contributed by atoms with E-state index in [0.29, 0.717) is 34.7 Å². The molecular formula is C19H22BrNO4. The topological polar surface area (TPSA) is 56.8 Å². The molecule has 134 valence electrons. The molecule has 0 aliphatic carbocycles. The molecule has 2 rings (SSSR count). The lowest BCUT2D eigenvalue weighted by Gasteiger charge is -2.14. The maximum atomic E-state index is 12.4. The van der Waals surface area contributed by atoms with E-state index in [4.69, 9.17) is 14.2 Å². The molecule has 0 radical (unpaired) electrons. The quantitative estimate of drug-likeness (QED) is 0.712. The lowest BCUT2D eigenvalue weighted by Crippen LogP contribution is -2.22. The molecule has 25 heavy (non-hydrogen) atoms. The first-order chi connectivity index (χ1) is 12.1. The van der Waals surface area contributed by atoms with Crippen molar-refractivity contribution in [2.24, 2.45) is 0 Å². The molecule has 0 fully saturated rings. The van der Waals surface area contributed by atoms with Crippen LogP contribution in [0.25, 0.3) is 0 Å². The van der Waals surface area contributed by atoms with Crippen molar-refractivity contribution in [3.63, 3.8) is 0 Å². The van der Waals surface area contributed by atoms with E-state index in [-0.39, 0.29) is 5.91 Å². The Morgan fingerprint density at radius 3 is 2.44 bits per heavy atom. The van der Waals surface area contributed by atoms with Gasteiger partial charge < -0.3 is 19.5 Å². The molecule has 1 amide bonds. The number of ether oxygens (including phenoxy) is 3. The average Bonchev–Trinajstić information content (AvgIpc) is 2.64. The first-order valence-corrected chi connectivity index (χ1v) is 8.79. The van der Waals surface area contributed by atoms with Crippen LogP contribution in [0.2, 0.25) is 0 Å². The van der Waals surface area contributed by atoms with Crippen LogP contribution in [0.3, 0.4) is 0 Å². The zero-order valence-corrected chi connectivity index (χ0v) is 16.2. The molecule has 2 aromatic rings. The fourth-order valence-electron chi connectivity index (χ4n) is 2.22. The molecule has 0 saturated carbocycles. The highest BCUT2D eigenvalue weighted by molar-refractivity contribution is 9.10. The number of hydrogen-bond acceptors (Lipinski definition) is 4. The van der Waals surface area contributed by atoms with Crippen LogP contribution >= 0.6 is 15.9 Å². The number of hydrogen-bond donors (Lipinski definition) is 1. The molecule has 6 heteroatoms. The van der Waals surface area contributed by atoms with Gasteiger partial charge in [0.2, 0.25) is 0 Å². The fraction of sp³-hybridized carbons (Fsp3) is 0.316. The Labute approximate surface area is 156 Å². The van der Waals surface area contributed by atoms with Crippen molar-refractivity contribution in [2.75, 3.05) is 20.8 Å². The van der Waals surface area contributed by atoms with E-state index in [2.05, 4.69) is 21.2 Å². The second-order valence-electron chi connectivity index (χ2n) is 5.37. The molecule has 1 N–H and O–H groups in total. The zero-order valence-electron chi connectivity index (χ0n) is 14.6. The number of benzene rings is 2. The van der Waals surface area contributed by atoms with E-state index < -0.39 is 0 Å². The molecule has 2 aromatic carbocycles. The standard InChI is InChI=1S/C19H22BrNO4/c1-4-9-25-18-16(20)10-14(11-17(18)24-3)19(22)21-12-13-5-7-15(23-2)8-6-13/h5-8,10-11H,4,9,12H2,1-3H3,(H,21,22). The van der Waals surface area contributed by atoms with Gasteiger partial charge in [-0.3, -0.25) is 4.79 Å². The molecular weight excluding hydrogens is 386 g/mol. The van der Waals surface area contributed by atoms with Gasteiger partial charge in [-0.25, -0.2) is 0 Å². The van der Waals surface area contributed by atoms with Gasteiger partial charge in [0.25, 0.3) is 5.91 Å². The van der Waals surface area contributed by atoms with Gasteiger partial charge in [-0.15, -0.1) is 0 Å². The van der Waals surface area contributed by atoms with Gasteiger partial charge >= 0.3 is 0 Å². The lowest BCUT2D eigenvalue weighted by molar-refractivity contribution is 0.0950. The number of amides is 1. The lowest BCUT2D eigenvalue weighted by atomic mass is 10.1. The van der Waals surface area contributed by atoms with E-state index in [0.717, 1.165) is 17.7 Å². The summed E-state index contributed by atoms with van der Waals surface area (Å²) in [4.78, 5) is 12.4. The van der Waals surface area contributed by atoms with E-state index in [9.17, 15) is 4.79 Å². The summed E-state index contributed by atoms with van der Waals surface area (Å²) < 4.78 is 16.8. The minimum atomic E-state index is -0.183. The van der Waals surface area contributed by atoms with Crippen LogP contribution in [0.5, 0.6) is 17.2 Å². The average molecular weight is 408 g/mol. The summed E-state index contributed by atoms with van der Waals surface area (Å²) in [6, 6.07) is 11.0. The van der Waals surface area contributed by atoms with Crippen LogP contribution in [0, 0.1) is 0 Å². The zero-order chi connectivity index (χ0) is 18.2. The van der Waals surface area contributed by atoms with Gasteiger partial charge in [0.1, 0.15) is 5.75 Å². The molecule has 0 spiro atoms. The van der Waals surface area contributed by atoms with Crippen molar-refractivity contribution >= 4 is 21.8 Å². The van der Waals surface area contributed by atoms with E-state index in [1.165, 1.54) is 0 Å². The van der Waals surface area contributed by atoms with Crippen molar-refractivity contribution in [3.8, 4) is 17.2 Å². The highest BCUT2D eigenvalue weighted by atomic mass is 79.9. The van der Waals surface area contributed by atoms with Crippen LogP contribution in [-0.2, 0) is 6.54 Å². The molecule has 0 heterocycles. The summed E-state index contributed by atoms with van der Waals surface area (Å²) in [6.07, 6.45) is 0.889. The summed E-state index contributed by atoms with van der Waals surface area (Å²) in [5.74, 6) is 1.73. The van der Waals surface area contributed by atoms with E-state index in [1.807, 2.05) is 31.2 Å². The third-order valence-electron chi connectivity index (χ3n) is 3.55. The Morgan fingerprint density at radius 1 is 1.12 bits per heavy atom. The highest BCUT2D eigenvalue weighted by Crippen LogP contribution is 2.36. The maximum absolute atomic E-state index is 12.4. The summed E-state index contributed by atoms with van der Waals surface area (Å²) in [5, 5.41) is 2.90. The van der Waals surface area contributed by atoms with E-state index in [1.54, 1.807) is 26.4 Å². The second-order valence-corrected chi connectivity index (χ2v) is 6.22. The third kappa shape index (κ3) is 5.13. The Bertz CT molecular complexity index is 716. The molecule has 0 aliphatic heterocycles. The minimum absolute atomic E-state index is 0.183. The summed E-state index contributed by atoms with van der Waals surface area (Å²) in [5.41, 5.74) is 1.49. The number of carbonyl (C=O) groups excluding carboxylic acids is 1. The fourth-order valence-corrected chi connectivity index (χ4v) is 2.78. The minimum Gasteiger partial charge on any atom is -0.497 e. The van der Waals surface area contributed by atoms with Gasteiger partial charge in [0.05, 0.1) is 25.3 Å². The number of methoxy groups -OCH3 is 2. The second kappa shape index (κ2) is 9.32. The predicted molar refractivity (Wildman–Crippen MR) is 101 cm³/mol. The van der Waals surface area contributed by atoms with Crippen LogP contribution < -0.4 is 19.5 Å². The van der Waals surface area contributed by atoms with Crippen molar-refractivity contribution in [1.82, 2.24) is 5.32 Å². The van der Waals surface area contributed by atoms with Gasteiger partial charge in [-0.05, 0) is 52.2 Å². The molecule has 0 aliphatic rings. The Hall–Kier alpha value is -2.21. The van der Waals surface area contributed by atoms with Crippen molar-refractivity contribution in [2.45, 2.75) is 19.9 Å². The van der Waals surface area contributed by atoms with Crippen molar-refractivity contribution in [1.29, 1.82) is 0 Å². The number of rotatable bonds is 8. The Morgan fingerprint density at radius 2 is 1.84 bits per heavy atom. The molecule has 5 nitrogen and oxygen atoms in total. The molecule has 0 aromatic heterocycles. The smallest absolute Gasteiger partial charge is 0.251 e. The number of halogens is 1. The molecule has 0 unspecified atom stereocenters. The first-order valence-electron chi connectivity index (χ1n) is 8.00. The maximum Gasteiger partial charge on any atom is 0.251 e. The summed E-state index contributed by atoms with van der Waals surface area (Å²) >= 11 is 3.45.